The molecule has 7 N–H and O–H groups in total. The summed E-state index contributed by atoms with van der Waals surface area (Å²) in [6, 6.07) is 0. The Labute approximate surface area is 67.9 Å². The van der Waals surface area contributed by atoms with Crippen molar-refractivity contribution in [3.8, 4) is 0 Å². The molecule has 0 unspecified atom stereocenters. The van der Waals surface area contributed by atoms with Crippen LogP contribution in [0.4, 0.5) is 0 Å². The summed E-state index contributed by atoms with van der Waals surface area (Å²) in [5.41, 5.74) is 0. The van der Waals surface area contributed by atoms with Gasteiger partial charge in [-0.15, -0.1) is 0 Å². The SMILES string of the molecule is O.O.[Al+3].[MgH2].[OH-].[OH-].[OH-]. The van der Waals surface area contributed by atoms with Gasteiger partial charge in [-0.3, -0.25) is 0 Å². The first-order valence-electron chi connectivity index (χ1n) is 0. The van der Waals surface area contributed by atoms with Gasteiger partial charge in [-0.2, -0.15) is 0 Å². The van der Waals surface area contributed by atoms with Crippen LogP contribution in [0.5, 0.6) is 0 Å². The monoisotopic (exact) mass is 140 g/mol. The summed E-state index contributed by atoms with van der Waals surface area (Å²) in [5, 5.41) is 0. The summed E-state index contributed by atoms with van der Waals surface area (Å²) >= 11 is 0. The van der Waals surface area contributed by atoms with Gasteiger partial charge in [-0.05, 0) is 0 Å². The van der Waals surface area contributed by atoms with Crippen LogP contribution in [-0.4, -0.2) is 67.8 Å². The number of hydrogen-bond acceptors (Lipinski definition) is 3. The molecular weight excluding hydrogens is 131 g/mol. The van der Waals surface area contributed by atoms with Gasteiger partial charge in [-0.1, -0.05) is 0 Å². The van der Waals surface area contributed by atoms with Gasteiger partial charge in [0.15, 0.2) is 0 Å². The van der Waals surface area contributed by atoms with Crippen LogP contribution >= 0.6 is 0 Å². The molecule has 5 nitrogen and oxygen atoms in total. The molecule has 7 heavy (non-hydrogen) atoms. The second kappa shape index (κ2) is 219. The zero-order chi connectivity index (χ0) is 0. The van der Waals surface area contributed by atoms with Crippen LogP contribution in [0.15, 0.2) is 0 Å². The van der Waals surface area contributed by atoms with Crippen molar-refractivity contribution in [3.05, 3.63) is 0 Å². The average molecular weight is 140 g/mol. The zero-order valence-electron chi connectivity index (χ0n) is 2.92. The summed E-state index contributed by atoms with van der Waals surface area (Å²) < 4.78 is 0. The zero-order valence-corrected chi connectivity index (χ0v) is 4.07. The van der Waals surface area contributed by atoms with Crippen molar-refractivity contribution < 1.29 is 27.4 Å². The van der Waals surface area contributed by atoms with Crippen molar-refractivity contribution in [2.45, 2.75) is 0 Å². The summed E-state index contributed by atoms with van der Waals surface area (Å²) in [5.74, 6) is 0. The second-order valence-electron chi connectivity index (χ2n) is 0. The first-order valence-corrected chi connectivity index (χ1v) is 0. The molecule has 0 aliphatic carbocycles. The molecule has 0 fully saturated rings. The third kappa shape index (κ3) is 153. The minimum atomic E-state index is 0. The van der Waals surface area contributed by atoms with Crippen LogP contribution in [0.1, 0.15) is 0 Å². The maximum absolute atomic E-state index is 0. The maximum Gasteiger partial charge on any atom is 3.00 e. The van der Waals surface area contributed by atoms with Gasteiger partial charge in [-0.25, -0.2) is 0 Å². The van der Waals surface area contributed by atoms with Gasteiger partial charge in [0.2, 0.25) is 0 Å². The summed E-state index contributed by atoms with van der Waals surface area (Å²) in [6.07, 6.45) is 0. The van der Waals surface area contributed by atoms with E-state index in [1.807, 2.05) is 0 Å². The first kappa shape index (κ1) is 338. The Bertz CT molecular complexity index is 8.04. The Morgan fingerprint density at radius 2 is 0.571 bits per heavy atom. The molecule has 44 valence electrons. The summed E-state index contributed by atoms with van der Waals surface area (Å²) in [6.45, 7) is 0. The van der Waals surface area contributed by atoms with E-state index < -0.39 is 0 Å². The fourth-order valence-corrected chi connectivity index (χ4v) is 0. The Morgan fingerprint density at radius 1 is 0.571 bits per heavy atom. The van der Waals surface area contributed by atoms with Gasteiger partial charge in [0.05, 0.1) is 0 Å². The molecule has 0 aliphatic rings. The molecule has 7 heteroatoms. The van der Waals surface area contributed by atoms with Crippen LogP contribution in [0.3, 0.4) is 0 Å². The molecule has 0 rings (SSSR count). The predicted molar refractivity (Wildman–Crippen MR) is 27.3 cm³/mol. The van der Waals surface area contributed by atoms with E-state index in [1.165, 1.54) is 0 Å². The van der Waals surface area contributed by atoms with E-state index in [0.717, 1.165) is 0 Å². The molecule has 0 radical (unpaired) electrons. The normalized spacial score (nSPS) is 0. The van der Waals surface area contributed by atoms with E-state index in [9.17, 15) is 0 Å². The Kier molecular flexibility index (Phi) is 10600. The third-order valence-corrected chi connectivity index (χ3v) is 0. The molecule has 0 amide bonds. The van der Waals surface area contributed by atoms with Crippen molar-refractivity contribution in [2.24, 2.45) is 0 Å². The Balaban J connectivity index is 0. The van der Waals surface area contributed by atoms with E-state index >= 15 is 0 Å². The van der Waals surface area contributed by atoms with Gasteiger partial charge >= 0.3 is 40.4 Å². The van der Waals surface area contributed by atoms with Crippen molar-refractivity contribution in [1.82, 2.24) is 0 Å². The molecule has 0 bridgehead atoms. The molecule has 0 aromatic rings. The topological polar surface area (TPSA) is 153 Å². The largest absolute Gasteiger partial charge is 3.00 e. The van der Waals surface area contributed by atoms with Gasteiger partial charge in [0, 0.05) is 0 Å². The third-order valence-electron chi connectivity index (χ3n) is 0. The van der Waals surface area contributed by atoms with Crippen molar-refractivity contribution >= 4 is 40.4 Å². The van der Waals surface area contributed by atoms with Gasteiger partial charge in [0.25, 0.3) is 0 Å². The fourth-order valence-electron chi connectivity index (χ4n) is 0. The van der Waals surface area contributed by atoms with E-state index in [0.29, 0.717) is 0 Å². The standard InChI is InChI=1S/Al.Mg.5H2O.2H/h;;5*1H2;;/q+3;;;;;;;;/p-3. The molecule has 0 aliphatic heterocycles. The van der Waals surface area contributed by atoms with Gasteiger partial charge < -0.3 is 27.4 Å². The van der Waals surface area contributed by atoms with Crippen molar-refractivity contribution in [2.75, 3.05) is 0 Å². The number of rotatable bonds is 0. The molecular formula is H9AlMgO5. The predicted octanol–water partition coefficient (Wildman–Crippen LogP) is -3.48. The second-order valence-corrected chi connectivity index (χ2v) is 0. The Morgan fingerprint density at radius 3 is 0.571 bits per heavy atom. The molecule has 0 aromatic heterocycles. The van der Waals surface area contributed by atoms with Crippen LogP contribution in [-0.2, 0) is 0 Å². The summed E-state index contributed by atoms with van der Waals surface area (Å²) in [4.78, 5) is 0. The molecule has 0 saturated heterocycles. The minimum Gasteiger partial charge on any atom is -0.870 e. The average Bonchev–Trinajstić information content (AvgIpc) is 0. The first-order chi connectivity index (χ1) is 0. The fraction of sp³-hybridized carbons (Fsp3) is 0. The number of hydrogen-bond donors (Lipinski definition) is 0. The molecule has 0 atom stereocenters. The Hall–Kier alpha value is 1.10. The van der Waals surface area contributed by atoms with Gasteiger partial charge in [0.1, 0.15) is 0 Å². The van der Waals surface area contributed by atoms with Crippen molar-refractivity contribution in [3.63, 3.8) is 0 Å². The summed E-state index contributed by atoms with van der Waals surface area (Å²) in [7, 11) is 0. The minimum absolute atomic E-state index is 0. The van der Waals surface area contributed by atoms with Crippen LogP contribution in [0.2, 0.25) is 0 Å². The van der Waals surface area contributed by atoms with E-state index in [4.69, 9.17) is 0 Å². The van der Waals surface area contributed by atoms with Crippen LogP contribution in [0, 0.1) is 0 Å². The maximum atomic E-state index is 0. The molecule has 0 saturated carbocycles. The quantitative estimate of drug-likeness (QED) is 0.321. The molecule has 0 aromatic carbocycles. The van der Waals surface area contributed by atoms with Crippen LogP contribution < -0.4 is 0 Å². The molecule has 0 heterocycles. The van der Waals surface area contributed by atoms with Crippen molar-refractivity contribution in [1.29, 1.82) is 0 Å². The van der Waals surface area contributed by atoms with E-state index in [-0.39, 0.29) is 67.8 Å². The molecule has 0 spiro atoms. The smallest absolute Gasteiger partial charge is 0.870 e. The van der Waals surface area contributed by atoms with Crippen LogP contribution in [0.25, 0.3) is 0 Å². The van der Waals surface area contributed by atoms with E-state index in [2.05, 4.69) is 0 Å². The van der Waals surface area contributed by atoms with E-state index in [1.54, 1.807) is 0 Å².